The van der Waals surface area contributed by atoms with Gasteiger partial charge in [0.05, 0.1) is 0 Å². The van der Waals surface area contributed by atoms with E-state index in [-0.39, 0.29) is 0 Å². The number of hydrogen-bond donors (Lipinski definition) is 1. The monoisotopic (exact) mass is 186 g/mol. The van der Waals surface area contributed by atoms with Gasteiger partial charge in [0.15, 0.2) is 0 Å². The molecule has 0 saturated heterocycles. The smallest absolute Gasteiger partial charge is 0.326 e. The standard InChI is InChI=1S/C7H7BClFNO/c9-6-2-1-5(3-10)7(6)11-8-4-12/h1,4,11H,2-3H2. The van der Waals surface area contributed by atoms with Crippen molar-refractivity contribution in [1.82, 2.24) is 5.23 Å². The van der Waals surface area contributed by atoms with Crippen LogP contribution in [0.4, 0.5) is 4.39 Å². The topological polar surface area (TPSA) is 29.1 Å². The highest BCUT2D eigenvalue weighted by atomic mass is 35.5. The van der Waals surface area contributed by atoms with Crippen molar-refractivity contribution in [1.29, 1.82) is 0 Å². The van der Waals surface area contributed by atoms with E-state index in [0.29, 0.717) is 28.9 Å². The fourth-order valence-electron chi connectivity index (χ4n) is 1.00. The Morgan fingerprint density at radius 1 is 1.83 bits per heavy atom. The van der Waals surface area contributed by atoms with Crippen molar-refractivity contribution in [2.45, 2.75) is 6.42 Å². The van der Waals surface area contributed by atoms with Crippen LogP contribution in [-0.4, -0.2) is 20.3 Å². The second-order valence-corrected chi connectivity index (χ2v) is 2.75. The van der Waals surface area contributed by atoms with Gasteiger partial charge in [-0.15, -0.1) is 0 Å². The first-order valence-electron chi connectivity index (χ1n) is 3.47. The number of carbonyl (C=O) groups is 1. The van der Waals surface area contributed by atoms with Gasteiger partial charge in [-0.25, -0.2) is 4.39 Å². The van der Waals surface area contributed by atoms with Crippen molar-refractivity contribution in [3.8, 4) is 0 Å². The van der Waals surface area contributed by atoms with E-state index in [4.69, 9.17) is 11.6 Å². The first-order valence-corrected chi connectivity index (χ1v) is 3.85. The molecule has 0 aliphatic heterocycles. The van der Waals surface area contributed by atoms with Crippen LogP contribution in [0.25, 0.3) is 0 Å². The lowest BCUT2D eigenvalue weighted by Gasteiger charge is -2.05. The van der Waals surface area contributed by atoms with E-state index in [9.17, 15) is 9.18 Å². The average Bonchev–Trinajstić information content (AvgIpc) is 2.43. The van der Waals surface area contributed by atoms with Gasteiger partial charge in [-0.2, -0.15) is 0 Å². The fourth-order valence-corrected chi connectivity index (χ4v) is 1.25. The average molecular weight is 186 g/mol. The van der Waals surface area contributed by atoms with Crippen molar-refractivity contribution in [3.05, 3.63) is 22.4 Å². The van der Waals surface area contributed by atoms with Crippen molar-refractivity contribution < 1.29 is 9.18 Å². The SMILES string of the molecule is O=C[B]NC1=C(Cl)CC=C1CF. The summed E-state index contributed by atoms with van der Waals surface area (Å²) in [7, 11) is 1.19. The molecule has 0 bridgehead atoms. The molecule has 1 radical (unpaired) electrons. The zero-order valence-electron chi connectivity index (χ0n) is 6.31. The summed E-state index contributed by atoms with van der Waals surface area (Å²) in [5, 5.41) is 3.17. The molecule has 0 saturated carbocycles. The molecule has 0 fully saturated rings. The molecule has 0 unspecified atom stereocenters. The quantitative estimate of drug-likeness (QED) is 0.527. The second-order valence-electron chi connectivity index (χ2n) is 2.29. The van der Waals surface area contributed by atoms with Crippen LogP contribution in [0, 0.1) is 0 Å². The van der Waals surface area contributed by atoms with Gasteiger partial charge >= 0.3 is 7.41 Å². The van der Waals surface area contributed by atoms with E-state index in [1.54, 1.807) is 6.08 Å². The zero-order chi connectivity index (χ0) is 8.97. The van der Waals surface area contributed by atoms with Crippen LogP contribution in [0.5, 0.6) is 0 Å². The largest absolute Gasteiger partial charge is 0.424 e. The molecule has 0 heterocycles. The van der Waals surface area contributed by atoms with Gasteiger partial charge in [0.2, 0.25) is 0 Å². The summed E-state index contributed by atoms with van der Waals surface area (Å²) in [6.07, 6.45) is 2.82. The van der Waals surface area contributed by atoms with Gasteiger partial charge in [-0.05, 0) is 0 Å². The molecule has 0 aromatic carbocycles. The van der Waals surface area contributed by atoms with Crippen LogP contribution in [0.2, 0.25) is 0 Å². The molecule has 63 valence electrons. The van der Waals surface area contributed by atoms with Crippen LogP contribution in [0.3, 0.4) is 0 Å². The van der Waals surface area contributed by atoms with E-state index >= 15 is 0 Å². The van der Waals surface area contributed by atoms with Gasteiger partial charge in [0.25, 0.3) is 0 Å². The van der Waals surface area contributed by atoms with Crippen molar-refractivity contribution in [2.75, 3.05) is 6.67 Å². The van der Waals surface area contributed by atoms with Gasteiger partial charge in [0.1, 0.15) is 12.9 Å². The molecule has 2 nitrogen and oxygen atoms in total. The maximum absolute atomic E-state index is 12.2. The highest BCUT2D eigenvalue weighted by molar-refractivity contribution is 6.65. The van der Waals surface area contributed by atoms with E-state index in [1.807, 2.05) is 0 Å². The Hall–Kier alpha value is -0.765. The Labute approximate surface area is 75.7 Å². The number of alkyl halides is 1. The summed E-state index contributed by atoms with van der Waals surface area (Å²) in [4.78, 5) is 9.97. The minimum Gasteiger partial charge on any atom is -0.424 e. The predicted molar refractivity (Wildman–Crippen MR) is 47.2 cm³/mol. The molecular weight excluding hydrogens is 179 g/mol. The minimum atomic E-state index is -0.564. The summed E-state index contributed by atoms with van der Waals surface area (Å²) < 4.78 is 12.2. The molecular formula is C7H7BClFNO. The number of rotatable bonds is 4. The fraction of sp³-hybridized carbons (Fsp3) is 0.286. The number of carbonyl (C=O) groups excluding carboxylic acids is 1. The van der Waals surface area contributed by atoms with Crippen molar-refractivity contribution in [2.24, 2.45) is 0 Å². The predicted octanol–water partition coefficient (Wildman–Crippen LogP) is 1.14. The van der Waals surface area contributed by atoms with Crippen LogP contribution >= 0.6 is 11.6 Å². The van der Waals surface area contributed by atoms with Gasteiger partial charge in [0, 0.05) is 22.7 Å². The van der Waals surface area contributed by atoms with Crippen LogP contribution < -0.4 is 5.23 Å². The first kappa shape index (κ1) is 9.32. The summed E-state index contributed by atoms with van der Waals surface area (Å²) in [6.45, 7) is -0.564. The lowest BCUT2D eigenvalue weighted by atomic mass is 9.97. The summed E-state index contributed by atoms with van der Waals surface area (Å²) >= 11 is 5.75. The van der Waals surface area contributed by atoms with E-state index in [1.165, 1.54) is 7.41 Å². The Balaban J connectivity index is 2.64. The van der Waals surface area contributed by atoms with Crippen LogP contribution in [0.1, 0.15) is 6.42 Å². The zero-order valence-corrected chi connectivity index (χ0v) is 7.07. The Morgan fingerprint density at radius 2 is 2.58 bits per heavy atom. The molecule has 0 amide bonds. The number of hydrogen-bond acceptors (Lipinski definition) is 2. The number of halogens is 2. The Bertz CT molecular complexity index is 252. The van der Waals surface area contributed by atoms with Crippen LogP contribution in [0.15, 0.2) is 22.4 Å². The third-order valence-electron chi connectivity index (χ3n) is 1.56. The molecule has 1 aliphatic carbocycles. The van der Waals surface area contributed by atoms with E-state index in [0.717, 1.165) is 0 Å². The third-order valence-corrected chi connectivity index (χ3v) is 1.90. The van der Waals surface area contributed by atoms with Crippen molar-refractivity contribution in [3.63, 3.8) is 0 Å². The molecule has 1 rings (SSSR count). The number of allylic oxidation sites excluding steroid dienone is 3. The molecule has 0 aromatic rings. The normalized spacial score (nSPS) is 16.0. The van der Waals surface area contributed by atoms with Crippen LogP contribution in [-0.2, 0) is 4.79 Å². The molecule has 5 heteroatoms. The number of nitrogens with one attached hydrogen (secondary N) is 1. The molecule has 0 atom stereocenters. The maximum atomic E-state index is 12.2. The molecule has 0 aromatic heterocycles. The van der Waals surface area contributed by atoms with E-state index in [2.05, 4.69) is 5.23 Å². The van der Waals surface area contributed by atoms with Gasteiger partial charge in [-0.1, -0.05) is 17.7 Å². The first-order chi connectivity index (χ1) is 5.79. The molecule has 0 spiro atoms. The highest BCUT2D eigenvalue weighted by Gasteiger charge is 2.15. The highest BCUT2D eigenvalue weighted by Crippen LogP contribution is 2.26. The van der Waals surface area contributed by atoms with Crippen molar-refractivity contribution >= 4 is 25.2 Å². The molecule has 1 N–H and O–H groups in total. The minimum absolute atomic E-state index is 0.512. The van der Waals surface area contributed by atoms with Gasteiger partial charge < -0.3 is 10.0 Å². The second kappa shape index (κ2) is 4.31. The molecule has 1 aliphatic rings. The summed E-state index contributed by atoms with van der Waals surface area (Å²) in [5.74, 6) is 0. The molecule has 12 heavy (non-hydrogen) atoms. The lowest BCUT2D eigenvalue weighted by molar-refractivity contribution is 0.545. The summed E-state index contributed by atoms with van der Waals surface area (Å²) in [6, 6.07) is 0. The van der Waals surface area contributed by atoms with E-state index < -0.39 is 6.67 Å². The lowest BCUT2D eigenvalue weighted by Crippen LogP contribution is -2.21. The Kier molecular flexibility index (Phi) is 3.35. The summed E-state index contributed by atoms with van der Waals surface area (Å²) in [5.41, 5.74) is 1.03. The van der Waals surface area contributed by atoms with Gasteiger partial charge in [-0.3, -0.25) is 0 Å². The third kappa shape index (κ3) is 1.88. The Morgan fingerprint density at radius 3 is 3.17 bits per heavy atom. The maximum Gasteiger partial charge on any atom is 0.326 e.